The minimum atomic E-state index is 0.240. The Hall–Kier alpha value is -0.800. The van der Waals surface area contributed by atoms with Gasteiger partial charge in [-0.05, 0) is 49.0 Å². The van der Waals surface area contributed by atoms with Gasteiger partial charge in [0.1, 0.15) is 0 Å². The topological polar surface area (TPSA) is 51.2 Å². The summed E-state index contributed by atoms with van der Waals surface area (Å²) in [4.78, 5) is 0. The van der Waals surface area contributed by atoms with Crippen LogP contribution in [0.3, 0.4) is 0 Å². The van der Waals surface area contributed by atoms with Gasteiger partial charge in [-0.25, -0.2) is 0 Å². The van der Waals surface area contributed by atoms with Gasteiger partial charge in [-0.2, -0.15) is 0 Å². The summed E-state index contributed by atoms with van der Waals surface area (Å²) in [6, 6.07) is 2.25. The SMILES string of the molecule is CC(C)(C)C1CCC(C(NN)c2ccoc2)CC1. The molecule has 1 aromatic rings. The number of rotatable bonds is 3. The average molecular weight is 250 g/mol. The minimum absolute atomic E-state index is 0.240. The van der Waals surface area contributed by atoms with E-state index in [-0.39, 0.29) is 6.04 Å². The second kappa shape index (κ2) is 5.45. The summed E-state index contributed by atoms with van der Waals surface area (Å²) in [6.45, 7) is 7.06. The van der Waals surface area contributed by atoms with Crippen molar-refractivity contribution < 1.29 is 4.42 Å². The molecular formula is C15H26N2O. The molecule has 3 heteroatoms. The zero-order chi connectivity index (χ0) is 13.2. The van der Waals surface area contributed by atoms with Gasteiger partial charge in [0.05, 0.1) is 18.6 Å². The second-order valence-electron chi connectivity index (χ2n) is 6.68. The zero-order valence-corrected chi connectivity index (χ0v) is 11.8. The van der Waals surface area contributed by atoms with Crippen molar-refractivity contribution in [2.24, 2.45) is 23.1 Å². The first-order chi connectivity index (χ1) is 8.52. The zero-order valence-electron chi connectivity index (χ0n) is 11.8. The summed E-state index contributed by atoms with van der Waals surface area (Å²) in [5, 5.41) is 0. The first-order valence-corrected chi connectivity index (χ1v) is 7.00. The third-order valence-corrected chi connectivity index (χ3v) is 4.55. The van der Waals surface area contributed by atoms with Gasteiger partial charge in [0, 0.05) is 5.56 Å². The molecule has 0 aromatic carbocycles. The average Bonchev–Trinajstić information content (AvgIpc) is 2.83. The molecule has 102 valence electrons. The molecule has 3 N–H and O–H groups in total. The van der Waals surface area contributed by atoms with Gasteiger partial charge < -0.3 is 4.42 Å². The normalized spacial score (nSPS) is 27.1. The summed E-state index contributed by atoms with van der Waals surface area (Å²) < 4.78 is 5.17. The predicted molar refractivity (Wildman–Crippen MR) is 73.7 cm³/mol. The lowest BCUT2D eigenvalue weighted by Crippen LogP contribution is -2.36. The smallest absolute Gasteiger partial charge is 0.0950 e. The summed E-state index contributed by atoms with van der Waals surface area (Å²) >= 11 is 0. The second-order valence-corrected chi connectivity index (χ2v) is 6.68. The fourth-order valence-corrected chi connectivity index (χ4v) is 3.27. The van der Waals surface area contributed by atoms with Crippen LogP contribution in [0, 0.1) is 17.3 Å². The molecule has 2 rings (SSSR count). The number of hydrazine groups is 1. The predicted octanol–water partition coefficient (Wildman–Crippen LogP) is 3.64. The van der Waals surface area contributed by atoms with Crippen LogP contribution in [0.1, 0.15) is 58.1 Å². The fourth-order valence-electron chi connectivity index (χ4n) is 3.27. The molecule has 0 spiro atoms. The van der Waals surface area contributed by atoms with Crippen LogP contribution < -0.4 is 11.3 Å². The Morgan fingerprint density at radius 3 is 2.39 bits per heavy atom. The molecule has 0 aliphatic heterocycles. The molecule has 0 amide bonds. The monoisotopic (exact) mass is 250 g/mol. The van der Waals surface area contributed by atoms with E-state index in [1.807, 2.05) is 6.07 Å². The maximum absolute atomic E-state index is 5.72. The molecule has 3 nitrogen and oxygen atoms in total. The molecule has 1 fully saturated rings. The van der Waals surface area contributed by atoms with E-state index < -0.39 is 0 Å². The number of hydrogen-bond acceptors (Lipinski definition) is 3. The number of furan rings is 1. The summed E-state index contributed by atoms with van der Waals surface area (Å²) in [5.74, 6) is 7.20. The molecule has 18 heavy (non-hydrogen) atoms. The van der Waals surface area contributed by atoms with Crippen molar-refractivity contribution in [1.82, 2.24) is 5.43 Å². The number of hydrogen-bond donors (Lipinski definition) is 2. The van der Waals surface area contributed by atoms with E-state index in [9.17, 15) is 0 Å². The van der Waals surface area contributed by atoms with Crippen molar-refractivity contribution in [3.63, 3.8) is 0 Å². The Morgan fingerprint density at radius 1 is 1.28 bits per heavy atom. The van der Waals surface area contributed by atoms with Crippen molar-refractivity contribution in [2.75, 3.05) is 0 Å². The molecule has 0 radical (unpaired) electrons. The van der Waals surface area contributed by atoms with Crippen molar-refractivity contribution in [3.8, 4) is 0 Å². The Bertz CT molecular complexity index is 345. The number of nitrogens with two attached hydrogens (primary N) is 1. The van der Waals surface area contributed by atoms with E-state index in [2.05, 4.69) is 26.2 Å². The van der Waals surface area contributed by atoms with E-state index in [4.69, 9.17) is 10.3 Å². The van der Waals surface area contributed by atoms with Gasteiger partial charge in [-0.1, -0.05) is 20.8 Å². The van der Waals surface area contributed by atoms with Crippen molar-refractivity contribution in [2.45, 2.75) is 52.5 Å². The summed E-state index contributed by atoms with van der Waals surface area (Å²) in [5.41, 5.74) is 4.58. The van der Waals surface area contributed by atoms with Gasteiger partial charge in [0.25, 0.3) is 0 Å². The van der Waals surface area contributed by atoms with Crippen molar-refractivity contribution >= 4 is 0 Å². The van der Waals surface area contributed by atoms with Crippen LogP contribution in [0.2, 0.25) is 0 Å². The Labute approximate surface area is 110 Å². The Morgan fingerprint density at radius 2 is 1.94 bits per heavy atom. The highest BCUT2D eigenvalue weighted by Gasteiger charge is 2.33. The van der Waals surface area contributed by atoms with Gasteiger partial charge >= 0.3 is 0 Å². The van der Waals surface area contributed by atoms with Gasteiger partial charge in [-0.15, -0.1) is 0 Å². The molecule has 1 aliphatic rings. The lowest BCUT2D eigenvalue weighted by Gasteiger charge is -2.39. The highest BCUT2D eigenvalue weighted by molar-refractivity contribution is 5.13. The quantitative estimate of drug-likeness (QED) is 0.636. The standard InChI is InChI=1S/C15H26N2O/c1-15(2,3)13-6-4-11(5-7-13)14(17-16)12-8-9-18-10-12/h8-11,13-14,17H,4-7,16H2,1-3H3. The van der Waals surface area contributed by atoms with Crippen LogP contribution in [-0.4, -0.2) is 0 Å². The van der Waals surface area contributed by atoms with Crippen LogP contribution in [-0.2, 0) is 0 Å². The van der Waals surface area contributed by atoms with E-state index in [1.54, 1.807) is 12.5 Å². The van der Waals surface area contributed by atoms with Crippen molar-refractivity contribution in [1.29, 1.82) is 0 Å². The van der Waals surface area contributed by atoms with E-state index in [0.717, 1.165) is 5.92 Å². The molecule has 1 heterocycles. The van der Waals surface area contributed by atoms with Crippen LogP contribution >= 0.6 is 0 Å². The fraction of sp³-hybridized carbons (Fsp3) is 0.733. The minimum Gasteiger partial charge on any atom is -0.472 e. The first kappa shape index (κ1) is 13.6. The lowest BCUT2D eigenvalue weighted by molar-refractivity contribution is 0.132. The molecule has 0 saturated heterocycles. The molecule has 1 atom stereocenters. The van der Waals surface area contributed by atoms with Gasteiger partial charge in [-0.3, -0.25) is 11.3 Å². The molecule has 1 aliphatic carbocycles. The third kappa shape index (κ3) is 2.96. The molecular weight excluding hydrogens is 224 g/mol. The van der Waals surface area contributed by atoms with E-state index in [1.165, 1.54) is 31.2 Å². The maximum Gasteiger partial charge on any atom is 0.0950 e. The number of nitrogens with one attached hydrogen (secondary N) is 1. The molecule has 0 bridgehead atoms. The third-order valence-electron chi connectivity index (χ3n) is 4.55. The lowest BCUT2D eigenvalue weighted by atomic mass is 9.68. The van der Waals surface area contributed by atoms with E-state index in [0.29, 0.717) is 11.3 Å². The highest BCUT2D eigenvalue weighted by atomic mass is 16.3. The molecule has 1 unspecified atom stereocenters. The summed E-state index contributed by atoms with van der Waals surface area (Å²) in [7, 11) is 0. The summed E-state index contributed by atoms with van der Waals surface area (Å²) in [6.07, 6.45) is 8.65. The Balaban J connectivity index is 1.96. The van der Waals surface area contributed by atoms with E-state index >= 15 is 0 Å². The van der Waals surface area contributed by atoms with Crippen LogP contribution in [0.5, 0.6) is 0 Å². The van der Waals surface area contributed by atoms with Crippen molar-refractivity contribution in [3.05, 3.63) is 24.2 Å². The van der Waals surface area contributed by atoms with Crippen LogP contribution in [0.15, 0.2) is 23.0 Å². The highest BCUT2D eigenvalue weighted by Crippen LogP contribution is 2.43. The molecule has 1 saturated carbocycles. The van der Waals surface area contributed by atoms with Crippen LogP contribution in [0.25, 0.3) is 0 Å². The first-order valence-electron chi connectivity index (χ1n) is 7.00. The van der Waals surface area contributed by atoms with Gasteiger partial charge in [0.15, 0.2) is 0 Å². The van der Waals surface area contributed by atoms with Crippen LogP contribution in [0.4, 0.5) is 0 Å². The van der Waals surface area contributed by atoms with Gasteiger partial charge in [0.2, 0.25) is 0 Å². The Kier molecular flexibility index (Phi) is 4.13. The maximum atomic E-state index is 5.72. The largest absolute Gasteiger partial charge is 0.472 e. The molecule has 1 aromatic heterocycles.